The van der Waals surface area contributed by atoms with Gasteiger partial charge < -0.3 is 20.2 Å². The molecule has 0 bridgehead atoms. The molecule has 0 radical (unpaired) electrons. The molecule has 138 valence electrons. The Hall–Kier alpha value is -2.41. The van der Waals surface area contributed by atoms with Gasteiger partial charge in [0, 0.05) is 36.4 Å². The average molecular weight is 372 g/mol. The lowest BCUT2D eigenvalue weighted by Gasteiger charge is -2.43. The minimum absolute atomic E-state index is 0.0511. The molecule has 3 rings (SSSR count). The van der Waals surface area contributed by atoms with Crippen LogP contribution in [0, 0.1) is 12.8 Å². The summed E-state index contributed by atoms with van der Waals surface area (Å²) < 4.78 is 0. The van der Waals surface area contributed by atoms with Gasteiger partial charge in [0.25, 0.3) is 0 Å². The van der Waals surface area contributed by atoms with Crippen molar-refractivity contribution in [2.45, 2.75) is 26.8 Å². The van der Waals surface area contributed by atoms with E-state index in [0.717, 1.165) is 22.3 Å². The maximum atomic E-state index is 11.3. The van der Waals surface area contributed by atoms with Gasteiger partial charge in [-0.3, -0.25) is 4.98 Å². The Labute approximate surface area is 158 Å². The molecule has 1 fully saturated rings. The van der Waals surface area contributed by atoms with Crippen molar-refractivity contribution in [2.75, 3.05) is 25.0 Å². The van der Waals surface area contributed by atoms with Gasteiger partial charge in [-0.05, 0) is 49.3 Å². The molecule has 2 aromatic rings. The van der Waals surface area contributed by atoms with Crippen molar-refractivity contribution >= 4 is 40.0 Å². The van der Waals surface area contributed by atoms with E-state index in [1.54, 1.807) is 0 Å². The SMILES string of the molecule is Cc1ccc2c(NC(=S)N3CCN(C(=O)O)CC3C(C)C)cccc2n1. The van der Waals surface area contributed by atoms with Crippen LogP contribution in [0.3, 0.4) is 0 Å². The molecule has 1 amide bonds. The van der Waals surface area contributed by atoms with Crippen LogP contribution in [0.2, 0.25) is 0 Å². The predicted molar refractivity (Wildman–Crippen MR) is 108 cm³/mol. The molecule has 2 heterocycles. The monoisotopic (exact) mass is 372 g/mol. The largest absolute Gasteiger partial charge is 0.465 e. The van der Waals surface area contributed by atoms with Crippen molar-refractivity contribution < 1.29 is 9.90 Å². The van der Waals surface area contributed by atoms with Gasteiger partial charge in [-0.1, -0.05) is 19.9 Å². The Morgan fingerprint density at radius 3 is 2.77 bits per heavy atom. The summed E-state index contributed by atoms with van der Waals surface area (Å²) in [5.41, 5.74) is 2.82. The van der Waals surface area contributed by atoms with Crippen molar-refractivity contribution in [2.24, 2.45) is 5.92 Å². The van der Waals surface area contributed by atoms with Crippen LogP contribution in [-0.4, -0.2) is 56.8 Å². The second kappa shape index (κ2) is 7.45. The molecule has 0 saturated carbocycles. The highest BCUT2D eigenvalue weighted by atomic mass is 32.1. The number of rotatable bonds is 2. The zero-order valence-electron chi connectivity index (χ0n) is 15.3. The van der Waals surface area contributed by atoms with Crippen molar-refractivity contribution in [1.82, 2.24) is 14.8 Å². The minimum atomic E-state index is -0.871. The standard InChI is InChI=1S/C19H24N4O2S/c1-12(2)17-11-22(19(24)25)9-10-23(17)18(26)21-16-6-4-5-15-14(16)8-7-13(3)20-15/h4-8,12,17H,9-11H2,1-3H3,(H,21,26)(H,24,25). The highest BCUT2D eigenvalue weighted by Gasteiger charge is 2.32. The van der Waals surface area contributed by atoms with E-state index in [4.69, 9.17) is 12.2 Å². The smallest absolute Gasteiger partial charge is 0.407 e. The van der Waals surface area contributed by atoms with Crippen molar-refractivity contribution in [3.05, 3.63) is 36.0 Å². The van der Waals surface area contributed by atoms with E-state index in [9.17, 15) is 9.90 Å². The molecule has 1 unspecified atom stereocenters. The topological polar surface area (TPSA) is 68.7 Å². The highest BCUT2D eigenvalue weighted by Crippen LogP contribution is 2.24. The van der Waals surface area contributed by atoms with E-state index < -0.39 is 6.09 Å². The van der Waals surface area contributed by atoms with E-state index in [2.05, 4.69) is 29.0 Å². The molecule has 1 aliphatic heterocycles. The number of benzene rings is 1. The normalized spacial score (nSPS) is 17.6. The number of aryl methyl sites for hydroxylation is 1. The Morgan fingerprint density at radius 1 is 1.31 bits per heavy atom. The van der Waals surface area contributed by atoms with Gasteiger partial charge in [-0.25, -0.2) is 4.79 Å². The fraction of sp³-hybridized carbons (Fsp3) is 0.421. The van der Waals surface area contributed by atoms with Gasteiger partial charge >= 0.3 is 6.09 Å². The third-order valence-corrected chi connectivity index (χ3v) is 5.17. The first-order chi connectivity index (χ1) is 12.4. The molecule has 7 heteroatoms. The number of thiocarbonyl (C=S) groups is 1. The molecule has 0 spiro atoms. The van der Waals surface area contributed by atoms with E-state index >= 15 is 0 Å². The third kappa shape index (κ3) is 3.72. The number of aromatic nitrogens is 1. The third-order valence-electron chi connectivity index (χ3n) is 4.83. The van der Waals surface area contributed by atoms with E-state index in [1.807, 2.05) is 37.3 Å². The first-order valence-corrected chi connectivity index (χ1v) is 9.19. The zero-order chi connectivity index (χ0) is 18.8. The number of hydrogen-bond donors (Lipinski definition) is 2. The number of carboxylic acid groups (broad SMARTS) is 1. The summed E-state index contributed by atoms with van der Waals surface area (Å²) in [6, 6.07) is 10.0. The molecule has 1 atom stereocenters. The first kappa shape index (κ1) is 18.4. The molecule has 1 saturated heterocycles. The molecule has 1 aromatic carbocycles. The number of nitrogens with zero attached hydrogens (tertiary/aromatic N) is 3. The number of nitrogens with one attached hydrogen (secondary N) is 1. The Morgan fingerprint density at radius 2 is 2.08 bits per heavy atom. The lowest BCUT2D eigenvalue weighted by atomic mass is 10.00. The van der Waals surface area contributed by atoms with Crippen LogP contribution in [-0.2, 0) is 0 Å². The average Bonchev–Trinajstić information content (AvgIpc) is 2.60. The minimum Gasteiger partial charge on any atom is -0.465 e. The van der Waals surface area contributed by atoms with Crippen LogP contribution in [0.15, 0.2) is 30.3 Å². The molecular weight excluding hydrogens is 348 g/mol. The lowest BCUT2D eigenvalue weighted by molar-refractivity contribution is 0.0874. The highest BCUT2D eigenvalue weighted by molar-refractivity contribution is 7.80. The van der Waals surface area contributed by atoms with Crippen molar-refractivity contribution in [3.8, 4) is 0 Å². The molecule has 1 aromatic heterocycles. The van der Waals surface area contributed by atoms with Crippen LogP contribution in [0.25, 0.3) is 10.9 Å². The van der Waals surface area contributed by atoms with E-state index in [0.29, 0.717) is 24.7 Å². The maximum absolute atomic E-state index is 11.3. The summed E-state index contributed by atoms with van der Waals surface area (Å²) in [6.45, 7) is 7.66. The first-order valence-electron chi connectivity index (χ1n) is 8.78. The lowest BCUT2D eigenvalue weighted by Crippen LogP contribution is -2.58. The predicted octanol–water partition coefficient (Wildman–Crippen LogP) is 3.56. The number of anilines is 1. The second-order valence-corrected chi connectivity index (χ2v) is 7.38. The summed E-state index contributed by atoms with van der Waals surface area (Å²) in [6.07, 6.45) is -0.871. The van der Waals surface area contributed by atoms with Gasteiger partial charge in [0.2, 0.25) is 0 Å². The van der Waals surface area contributed by atoms with Gasteiger partial charge in [-0.2, -0.15) is 0 Å². The van der Waals surface area contributed by atoms with Crippen LogP contribution < -0.4 is 5.32 Å². The molecule has 6 nitrogen and oxygen atoms in total. The number of piperazine rings is 1. The number of fused-ring (bicyclic) bond motifs is 1. The summed E-state index contributed by atoms with van der Waals surface area (Å²) in [4.78, 5) is 19.5. The number of pyridine rings is 1. The quantitative estimate of drug-likeness (QED) is 0.786. The van der Waals surface area contributed by atoms with Crippen LogP contribution in [0.4, 0.5) is 10.5 Å². The molecule has 0 aliphatic carbocycles. The number of carbonyl (C=O) groups is 1. The fourth-order valence-electron chi connectivity index (χ4n) is 3.36. The Kier molecular flexibility index (Phi) is 5.27. The van der Waals surface area contributed by atoms with Gasteiger partial charge in [0.15, 0.2) is 5.11 Å². The summed E-state index contributed by atoms with van der Waals surface area (Å²) >= 11 is 5.67. The Balaban J connectivity index is 1.82. The van der Waals surface area contributed by atoms with Gasteiger partial charge in [0.1, 0.15) is 0 Å². The zero-order valence-corrected chi connectivity index (χ0v) is 16.1. The van der Waals surface area contributed by atoms with Gasteiger partial charge in [-0.15, -0.1) is 0 Å². The van der Waals surface area contributed by atoms with E-state index in [-0.39, 0.29) is 12.0 Å². The molecule has 26 heavy (non-hydrogen) atoms. The summed E-state index contributed by atoms with van der Waals surface area (Å²) in [7, 11) is 0. The van der Waals surface area contributed by atoms with E-state index in [1.165, 1.54) is 4.90 Å². The summed E-state index contributed by atoms with van der Waals surface area (Å²) in [5, 5.41) is 14.3. The second-order valence-electron chi connectivity index (χ2n) is 6.99. The fourth-order valence-corrected chi connectivity index (χ4v) is 3.70. The van der Waals surface area contributed by atoms with Crippen molar-refractivity contribution in [3.63, 3.8) is 0 Å². The molecule has 1 aliphatic rings. The molecular formula is C19H24N4O2S. The van der Waals surface area contributed by atoms with Gasteiger partial charge in [0.05, 0.1) is 11.6 Å². The molecule has 2 N–H and O–H groups in total. The van der Waals surface area contributed by atoms with Crippen molar-refractivity contribution in [1.29, 1.82) is 0 Å². The van der Waals surface area contributed by atoms with Crippen LogP contribution >= 0.6 is 12.2 Å². The van der Waals surface area contributed by atoms with Crippen LogP contribution in [0.5, 0.6) is 0 Å². The maximum Gasteiger partial charge on any atom is 0.407 e. The van der Waals surface area contributed by atoms with Crippen LogP contribution in [0.1, 0.15) is 19.5 Å². The Bertz CT molecular complexity index is 839. The number of amides is 1. The summed E-state index contributed by atoms with van der Waals surface area (Å²) in [5.74, 6) is 0.286. The number of hydrogen-bond acceptors (Lipinski definition) is 3.